The first kappa shape index (κ1) is 28.7. The lowest BCUT2D eigenvalue weighted by Crippen LogP contribution is -2.49. The number of nitrogens with two attached hydrogens (primary N) is 1. The van der Waals surface area contributed by atoms with Crippen molar-refractivity contribution in [2.45, 2.75) is 37.8 Å². The highest BCUT2D eigenvalue weighted by Gasteiger charge is 2.24. The van der Waals surface area contributed by atoms with Crippen LogP contribution < -0.4 is 25.4 Å². The molecule has 0 saturated heterocycles. The van der Waals surface area contributed by atoms with Crippen molar-refractivity contribution in [1.29, 1.82) is 0 Å². The molecule has 0 aliphatic carbocycles. The Kier molecular flexibility index (Phi) is 11.3. The smallest absolute Gasteiger partial charge is 0.414 e. The quantitative estimate of drug-likeness (QED) is 0.341. The fourth-order valence-electron chi connectivity index (χ4n) is 3.58. The molecule has 0 unspecified atom stereocenters. The number of nitrogens with one attached hydrogen (secondary N) is 1. The highest BCUT2D eigenvalue weighted by Crippen LogP contribution is 2.28. The summed E-state index contributed by atoms with van der Waals surface area (Å²) in [6.45, 7) is 0.307. The molecule has 36 heavy (non-hydrogen) atoms. The van der Waals surface area contributed by atoms with Crippen LogP contribution in [0.15, 0.2) is 42.5 Å². The number of amides is 2. The van der Waals surface area contributed by atoms with E-state index < -0.39 is 30.1 Å². The molecule has 2 amide bonds. The molecule has 0 aliphatic heterocycles. The van der Waals surface area contributed by atoms with E-state index >= 15 is 0 Å². The number of carbonyl (C=O) groups is 3. The van der Waals surface area contributed by atoms with Gasteiger partial charge < -0.3 is 30.4 Å². The second-order valence-corrected chi connectivity index (χ2v) is 8.38. The highest BCUT2D eigenvalue weighted by molar-refractivity contribution is 6.33. The van der Waals surface area contributed by atoms with Crippen LogP contribution in [-0.4, -0.2) is 63.0 Å². The van der Waals surface area contributed by atoms with Crippen LogP contribution in [0.4, 0.5) is 10.5 Å². The lowest BCUT2D eigenvalue weighted by atomic mass is 10.0. The zero-order valence-electron chi connectivity index (χ0n) is 20.5. The van der Waals surface area contributed by atoms with Gasteiger partial charge in [-0.05, 0) is 49.1 Å². The number of benzene rings is 2. The van der Waals surface area contributed by atoms with Crippen LogP contribution >= 0.6 is 11.6 Å². The van der Waals surface area contributed by atoms with E-state index in [2.05, 4.69) is 5.32 Å². The third-order valence-electron chi connectivity index (χ3n) is 5.52. The summed E-state index contributed by atoms with van der Waals surface area (Å²) in [6.07, 6.45) is 0.825. The van der Waals surface area contributed by atoms with Crippen molar-refractivity contribution in [2.75, 3.05) is 32.8 Å². The molecule has 0 saturated carbocycles. The molecule has 2 rings (SSSR count). The van der Waals surface area contributed by atoms with Crippen LogP contribution in [0.25, 0.3) is 0 Å². The van der Waals surface area contributed by atoms with E-state index in [0.29, 0.717) is 53.6 Å². The van der Waals surface area contributed by atoms with Gasteiger partial charge in [-0.2, -0.15) is 0 Å². The van der Waals surface area contributed by atoms with Gasteiger partial charge in [-0.15, -0.1) is 0 Å². The van der Waals surface area contributed by atoms with Crippen molar-refractivity contribution >= 4 is 35.3 Å². The standard InChI is InChI=1S/C25H32ClN3O7/c1-34-21-12-11-16(15-22(21)35-2)14-19(24(31)32)28-23(30)18(27)9-6-7-13-29(25(33)36-3)20-10-5-4-8-17(20)26/h4-5,8,10-12,15,18-19H,6-7,9,13-14,27H2,1-3H3,(H,28,30)(H,31,32)/t18-,19-/m0/s1. The van der Waals surface area contributed by atoms with Crippen LogP contribution in [0.1, 0.15) is 24.8 Å². The van der Waals surface area contributed by atoms with Crippen LogP contribution in [-0.2, 0) is 20.7 Å². The highest BCUT2D eigenvalue weighted by atomic mass is 35.5. The Hall–Kier alpha value is -3.50. The first-order valence-corrected chi connectivity index (χ1v) is 11.7. The number of aliphatic carboxylic acids is 1. The number of anilines is 1. The second kappa shape index (κ2) is 14.2. The van der Waals surface area contributed by atoms with E-state index in [1.165, 1.54) is 26.2 Å². The first-order chi connectivity index (χ1) is 17.2. The van der Waals surface area contributed by atoms with Crippen LogP contribution in [0.2, 0.25) is 5.02 Å². The molecule has 4 N–H and O–H groups in total. The number of hydrogen-bond donors (Lipinski definition) is 3. The Balaban J connectivity index is 1.91. The summed E-state index contributed by atoms with van der Waals surface area (Å²) in [7, 11) is 4.27. The SMILES string of the molecule is COC(=O)N(CCCC[C@H](N)C(=O)N[C@@H](Cc1ccc(OC)c(OC)c1)C(=O)O)c1ccccc1Cl. The van der Waals surface area contributed by atoms with Crippen molar-refractivity contribution in [2.24, 2.45) is 5.73 Å². The summed E-state index contributed by atoms with van der Waals surface area (Å²) in [5, 5.41) is 12.5. The molecular formula is C25H32ClN3O7. The van der Waals surface area contributed by atoms with Gasteiger partial charge >= 0.3 is 12.1 Å². The van der Waals surface area contributed by atoms with Crippen molar-refractivity contribution in [3.8, 4) is 11.5 Å². The van der Waals surface area contributed by atoms with Gasteiger partial charge in [-0.3, -0.25) is 9.69 Å². The molecule has 196 valence electrons. The Morgan fingerprint density at radius 1 is 1.06 bits per heavy atom. The number of carboxylic acids is 1. The van der Waals surface area contributed by atoms with Gasteiger partial charge in [0.15, 0.2) is 11.5 Å². The zero-order valence-corrected chi connectivity index (χ0v) is 21.3. The monoisotopic (exact) mass is 521 g/mol. The van der Waals surface area contributed by atoms with Gasteiger partial charge in [0.25, 0.3) is 0 Å². The molecule has 10 nitrogen and oxygen atoms in total. The van der Waals surface area contributed by atoms with Crippen molar-refractivity contribution in [3.05, 3.63) is 53.1 Å². The van der Waals surface area contributed by atoms with Crippen LogP contribution in [0, 0.1) is 0 Å². The van der Waals surface area contributed by atoms with Gasteiger partial charge in [0, 0.05) is 13.0 Å². The minimum Gasteiger partial charge on any atom is -0.493 e. The summed E-state index contributed by atoms with van der Waals surface area (Å²) in [6, 6.07) is 9.85. The summed E-state index contributed by atoms with van der Waals surface area (Å²) >= 11 is 6.21. The van der Waals surface area contributed by atoms with E-state index in [4.69, 9.17) is 31.5 Å². The number of para-hydroxylation sites is 1. The van der Waals surface area contributed by atoms with Crippen LogP contribution in [0.3, 0.4) is 0 Å². The van der Waals surface area contributed by atoms with E-state index in [-0.39, 0.29) is 6.42 Å². The second-order valence-electron chi connectivity index (χ2n) is 7.97. The Morgan fingerprint density at radius 3 is 2.36 bits per heavy atom. The number of unbranched alkanes of at least 4 members (excludes halogenated alkanes) is 1. The van der Waals surface area contributed by atoms with Gasteiger partial charge in [0.05, 0.1) is 38.1 Å². The molecule has 0 spiro atoms. The van der Waals surface area contributed by atoms with Gasteiger partial charge in [-0.25, -0.2) is 9.59 Å². The fraction of sp³-hybridized carbons (Fsp3) is 0.400. The lowest BCUT2D eigenvalue weighted by molar-refractivity contribution is -0.142. The van der Waals surface area contributed by atoms with Gasteiger partial charge in [0.2, 0.25) is 5.91 Å². The molecule has 0 fully saturated rings. The first-order valence-electron chi connectivity index (χ1n) is 11.3. The number of carbonyl (C=O) groups excluding carboxylic acids is 2. The third-order valence-corrected chi connectivity index (χ3v) is 5.84. The Morgan fingerprint density at radius 2 is 1.75 bits per heavy atom. The summed E-state index contributed by atoms with van der Waals surface area (Å²) < 4.78 is 15.3. The molecule has 0 aromatic heterocycles. The molecular weight excluding hydrogens is 490 g/mol. The predicted molar refractivity (Wildman–Crippen MR) is 136 cm³/mol. The molecule has 0 heterocycles. The van der Waals surface area contributed by atoms with Crippen LogP contribution in [0.5, 0.6) is 11.5 Å². The van der Waals surface area contributed by atoms with E-state index in [0.717, 1.165) is 0 Å². The van der Waals surface area contributed by atoms with Gasteiger partial charge in [0.1, 0.15) is 6.04 Å². The molecule has 2 aromatic carbocycles. The summed E-state index contributed by atoms with van der Waals surface area (Å²) in [5.41, 5.74) is 7.18. The number of nitrogens with zero attached hydrogens (tertiary/aromatic N) is 1. The number of hydrogen-bond acceptors (Lipinski definition) is 7. The van der Waals surface area contributed by atoms with Crippen molar-refractivity contribution in [3.63, 3.8) is 0 Å². The number of halogens is 1. The lowest BCUT2D eigenvalue weighted by Gasteiger charge is -2.22. The third kappa shape index (κ3) is 8.03. The summed E-state index contributed by atoms with van der Waals surface area (Å²) in [4.78, 5) is 37.9. The summed E-state index contributed by atoms with van der Waals surface area (Å²) in [5.74, 6) is -0.781. The maximum absolute atomic E-state index is 12.6. The molecule has 0 radical (unpaired) electrons. The number of methoxy groups -OCH3 is 3. The maximum Gasteiger partial charge on any atom is 0.414 e. The minimum absolute atomic E-state index is 0.0417. The molecule has 2 atom stereocenters. The maximum atomic E-state index is 12.6. The number of rotatable bonds is 13. The number of ether oxygens (including phenoxy) is 3. The topological polar surface area (TPSA) is 140 Å². The fourth-order valence-corrected chi connectivity index (χ4v) is 3.82. The average molecular weight is 522 g/mol. The van der Waals surface area contributed by atoms with E-state index in [1.807, 2.05) is 0 Å². The average Bonchev–Trinajstić information content (AvgIpc) is 2.88. The largest absolute Gasteiger partial charge is 0.493 e. The molecule has 0 aliphatic rings. The van der Waals surface area contributed by atoms with Crippen molar-refractivity contribution in [1.82, 2.24) is 5.32 Å². The molecule has 0 bridgehead atoms. The Labute approximate surface area is 215 Å². The Bertz CT molecular complexity index is 1050. The minimum atomic E-state index is -1.18. The normalized spacial score (nSPS) is 12.2. The molecule has 2 aromatic rings. The van der Waals surface area contributed by atoms with E-state index in [1.54, 1.807) is 42.5 Å². The molecule has 11 heteroatoms. The van der Waals surface area contributed by atoms with E-state index in [9.17, 15) is 19.5 Å². The zero-order chi connectivity index (χ0) is 26.7. The van der Waals surface area contributed by atoms with Gasteiger partial charge in [-0.1, -0.05) is 29.8 Å². The van der Waals surface area contributed by atoms with Crippen molar-refractivity contribution < 1.29 is 33.7 Å². The predicted octanol–water partition coefficient (Wildman–Crippen LogP) is 3.24. The number of carboxylic acid groups (broad SMARTS) is 1.